The summed E-state index contributed by atoms with van der Waals surface area (Å²) in [6.07, 6.45) is 5.49. The van der Waals surface area contributed by atoms with Gasteiger partial charge < -0.3 is 5.73 Å². The van der Waals surface area contributed by atoms with Crippen molar-refractivity contribution in [2.24, 2.45) is 0 Å². The molecule has 1 aliphatic carbocycles. The van der Waals surface area contributed by atoms with Crippen molar-refractivity contribution in [3.63, 3.8) is 0 Å². The lowest BCUT2D eigenvalue weighted by Crippen LogP contribution is -2.14. The molecule has 2 aromatic heterocycles. The summed E-state index contributed by atoms with van der Waals surface area (Å²) in [5.74, 6) is -0.588. The van der Waals surface area contributed by atoms with Crippen molar-refractivity contribution >= 4 is 67.4 Å². The van der Waals surface area contributed by atoms with Crippen LogP contribution in [0, 0.1) is 5.82 Å². The van der Waals surface area contributed by atoms with E-state index in [2.05, 4.69) is 14.7 Å². The standard InChI is InChI=1S/C22H18Cl3FN6O2S/c23-13-6-8-16(19(25)18(13)24)35(33,34)31-15-7-5-11(9-14(15)26)20-17-21(27)28-10-29-22(17)32(30-20)12-3-1-2-4-12/h5-10,12,31H,1-4H2,(H2,27,28,29). The number of benzene rings is 2. The molecule has 0 aliphatic heterocycles. The van der Waals surface area contributed by atoms with E-state index in [0.29, 0.717) is 22.3 Å². The van der Waals surface area contributed by atoms with Gasteiger partial charge in [-0.05, 0) is 37.1 Å². The predicted octanol–water partition coefficient (Wildman–Crippen LogP) is 6.09. The van der Waals surface area contributed by atoms with Gasteiger partial charge in [0.25, 0.3) is 10.0 Å². The topological polar surface area (TPSA) is 116 Å². The molecule has 8 nitrogen and oxygen atoms in total. The number of nitrogen functional groups attached to an aromatic ring is 1. The zero-order chi connectivity index (χ0) is 24.9. The summed E-state index contributed by atoms with van der Waals surface area (Å²) >= 11 is 17.9. The minimum absolute atomic E-state index is 0.0960. The van der Waals surface area contributed by atoms with Gasteiger partial charge in [0.15, 0.2) is 5.65 Å². The van der Waals surface area contributed by atoms with Gasteiger partial charge in [-0.2, -0.15) is 5.10 Å². The first-order valence-corrected chi connectivity index (χ1v) is 13.2. The molecular formula is C22H18Cl3FN6O2S. The Morgan fingerprint density at radius 3 is 2.51 bits per heavy atom. The molecule has 1 fully saturated rings. The van der Waals surface area contributed by atoms with E-state index < -0.39 is 15.8 Å². The summed E-state index contributed by atoms with van der Waals surface area (Å²) in [7, 11) is -4.26. The van der Waals surface area contributed by atoms with E-state index in [-0.39, 0.29) is 37.5 Å². The highest BCUT2D eigenvalue weighted by atomic mass is 35.5. The zero-order valence-electron chi connectivity index (χ0n) is 18.0. The number of rotatable bonds is 5. The summed E-state index contributed by atoms with van der Waals surface area (Å²) < 4.78 is 44.9. The lowest BCUT2D eigenvalue weighted by molar-refractivity contribution is 0.479. The Morgan fingerprint density at radius 2 is 1.80 bits per heavy atom. The molecule has 2 aromatic carbocycles. The second-order valence-electron chi connectivity index (χ2n) is 8.16. The minimum Gasteiger partial charge on any atom is -0.383 e. The SMILES string of the molecule is Nc1ncnc2c1c(-c1ccc(NS(=O)(=O)c3ccc(Cl)c(Cl)c3Cl)c(F)c1)nn2C1CCCC1. The van der Waals surface area contributed by atoms with Crippen LogP contribution in [0.15, 0.2) is 41.6 Å². The zero-order valence-corrected chi connectivity index (χ0v) is 21.1. The van der Waals surface area contributed by atoms with Crippen molar-refractivity contribution < 1.29 is 12.8 Å². The summed E-state index contributed by atoms with van der Waals surface area (Å²) in [5, 5.41) is 4.95. The van der Waals surface area contributed by atoms with Gasteiger partial charge in [0.2, 0.25) is 0 Å². The first kappa shape index (κ1) is 24.1. The predicted molar refractivity (Wildman–Crippen MR) is 135 cm³/mol. The molecule has 13 heteroatoms. The molecule has 0 bridgehead atoms. The number of hydrogen-bond donors (Lipinski definition) is 2. The van der Waals surface area contributed by atoms with Gasteiger partial charge in [0.05, 0.1) is 32.2 Å². The molecule has 0 atom stereocenters. The Hall–Kier alpha value is -2.66. The maximum atomic E-state index is 15.1. The molecule has 3 N–H and O–H groups in total. The number of halogens is 4. The van der Waals surface area contributed by atoms with Crippen molar-refractivity contribution in [2.75, 3.05) is 10.5 Å². The fourth-order valence-electron chi connectivity index (χ4n) is 4.26. The maximum absolute atomic E-state index is 15.1. The van der Waals surface area contributed by atoms with Crippen LogP contribution in [-0.2, 0) is 10.0 Å². The third kappa shape index (κ3) is 4.29. The van der Waals surface area contributed by atoms with E-state index in [9.17, 15) is 8.42 Å². The summed E-state index contributed by atoms with van der Waals surface area (Å²) in [5.41, 5.74) is 7.27. The first-order valence-electron chi connectivity index (χ1n) is 10.6. The molecule has 4 aromatic rings. The average molecular weight is 556 g/mol. The van der Waals surface area contributed by atoms with Gasteiger partial charge in [-0.1, -0.05) is 53.7 Å². The molecule has 35 heavy (non-hydrogen) atoms. The van der Waals surface area contributed by atoms with Crippen LogP contribution >= 0.6 is 34.8 Å². The second kappa shape index (κ2) is 9.09. The summed E-state index contributed by atoms with van der Waals surface area (Å²) in [6.45, 7) is 0. The maximum Gasteiger partial charge on any atom is 0.263 e. The second-order valence-corrected chi connectivity index (χ2v) is 11.0. The minimum atomic E-state index is -4.26. The van der Waals surface area contributed by atoms with Crippen LogP contribution in [0.2, 0.25) is 15.1 Å². The molecular weight excluding hydrogens is 538 g/mol. The number of fused-ring (bicyclic) bond motifs is 1. The lowest BCUT2D eigenvalue weighted by atomic mass is 10.1. The van der Waals surface area contributed by atoms with Crippen LogP contribution in [0.1, 0.15) is 31.7 Å². The Labute approximate surface area is 215 Å². The van der Waals surface area contributed by atoms with Crippen molar-refractivity contribution in [3.8, 4) is 11.3 Å². The summed E-state index contributed by atoms with van der Waals surface area (Å²) in [4.78, 5) is 8.11. The Balaban J connectivity index is 1.53. The Bertz CT molecular complexity index is 1570. The number of sulfonamides is 1. The molecule has 5 rings (SSSR count). The number of nitrogens with two attached hydrogens (primary N) is 1. The smallest absolute Gasteiger partial charge is 0.263 e. The van der Waals surface area contributed by atoms with E-state index in [1.807, 2.05) is 4.68 Å². The average Bonchev–Trinajstić information content (AvgIpc) is 3.47. The molecule has 0 spiro atoms. The molecule has 1 aliphatic rings. The molecule has 0 radical (unpaired) electrons. The van der Waals surface area contributed by atoms with Crippen LogP contribution in [0.3, 0.4) is 0 Å². The van der Waals surface area contributed by atoms with Crippen LogP contribution < -0.4 is 10.5 Å². The van der Waals surface area contributed by atoms with Gasteiger partial charge in [0, 0.05) is 5.56 Å². The molecule has 0 saturated heterocycles. The van der Waals surface area contributed by atoms with Crippen LogP contribution in [-0.4, -0.2) is 28.2 Å². The van der Waals surface area contributed by atoms with Gasteiger partial charge in [0.1, 0.15) is 28.6 Å². The molecule has 182 valence electrons. The van der Waals surface area contributed by atoms with Gasteiger partial charge in [-0.15, -0.1) is 0 Å². The number of hydrogen-bond acceptors (Lipinski definition) is 6. The quantitative estimate of drug-likeness (QED) is 0.288. The van der Waals surface area contributed by atoms with Gasteiger partial charge in [-0.25, -0.2) is 27.5 Å². The molecule has 1 saturated carbocycles. The third-order valence-electron chi connectivity index (χ3n) is 5.96. The number of anilines is 2. The molecule has 0 unspecified atom stereocenters. The van der Waals surface area contributed by atoms with E-state index in [1.54, 1.807) is 6.07 Å². The van der Waals surface area contributed by atoms with E-state index in [1.165, 1.54) is 30.6 Å². The van der Waals surface area contributed by atoms with Crippen molar-refractivity contribution in [1.29, 1.82) is 0 Å². The van der Waals surface area contributed by atoms with Crippen LogP contribution in [0.4, 0.5) is 15.9 Å². The fourth-order valence-corrected chi connectivity index (χ4v) is 6.31. The largest absolute Gasteiger partial charge is 0.383 e. The van der Waals surface area contributed by atoms with E-state index >= 15 is 4.39 Å². The van der Waals surface area contributed by atoms with Crippen LogP contribution in [0.25, 0.3) is 22.3 Å². The Kier molecular flexibility index (Phi) is 6.25. The van der Waals surface area contributed by atoms with E-state index in [4.69, 9.17) is 45.6 Å². The monoisotopic (exact) mass is 554 g/mol. The number of nitrogens with one attached hydrogen (secondary N) is 1. The van der Waals surface area contributed by atoms with Crippen molar-refractivity contribution in [3.05, 3.63) is 57.5 Å². The highest BCUT2D eigenvalue weighted by Crippen LogP contribution is 2.38. The number of nitrogens with zero attached hydrogens (tertiary/aromatic N) is 4. The molecule has 0 amide bonds. The lowest BCUT2D eigenvalue weighted by Gasteiger charge is -2.12. The highest BCUT2D eigenvalue weighted by molar-refractivity contribution is 7.92. The Morgan fingerprint density at radius 1 is 1.06 bits per heavy atom. The fraction of sp³-hybridized carbons (Fsp3) is 0.227. The third-order valence-corrected chi connectivity index (χ3v) is 8.78. The van der Waals surface area contributed by atoms with Crippen molar-refractivity contribution in [1.82, 2.24) is 19.7 Å². The first-order chi connectivity index (χ1) is 16.7. The number of aromatic nitrogens is 4. The van der Waals surface area contributed by atoms with Crippen LogP contribution in [0.5, 0.6) is 0 Å². The van der Waals surface area contributed by atoms with Gasteiger partial charge >= 0.3 is 0 Å². The normalized spacial score (nSPS) is 14.6. The van der Waals surface area contributed by atoms with E-state index in [0.717, 1.165) is 25.7 Å². The summed E-state index contributed by atoms with van der Waals surface area (Å²) in [6, 6.07) is 6.69. The van der Waals surface area contributed by atoms with Crippen molar-refractivity contribution in [2.45, 2.75) is 36.6 Å². The molecule has 2 heterocycles. The van der Waals surface area contributed by atoms with Gasteiger partial charge in [-0.3, -0.25) is 4.72 Å². The highest BCUT2D eigenvalue weighted by Gasteiger charge is 2.26.